The first kappa shape index (κ1) is 12.5. The Balaban J connectivity index is 1.63. The zero-order valence-corrected chi connectivity index (χ0v) is 11.3. The van der Waals surface area contributed by atoms with Crippen molar-refractivity contribution in [3.63, 3.8) is 0 Å². The van der Waals surface area contributed by atoms with E-state index in [4.69, 9.17) is 9.26 Å². The van der Waals surface area contributed by atoms with Gasteiger partial charge in [-0.15, -0.1) is 0 Å². The van der Waals surface area contributed by atoms with Crippen molar-refractivity contribution >= 4 is 17.3 Å². The molecule has 0 aromatic carbocycles. The van der Waals surface area contributed by atoms with Crippen LogP contribution in [0.5, 0.6) is 0 Å². The highest BCUT2D eigenvalue weighted by molar-refractivity contribution is 7.08. The number of aromatic nitrogens is 4. The van der Waals surface area contributed by atoms with Gasteiger partial charge in [0.05, 0.1) is 11.8 Å². The number of ether oxygens (including phenoxy) is 1. The molecule has 8 heteroatoms. The summed E-state index contributed by atoms with van der Waals surface area (Å²) in [4.78, 5) is 15.9. The lowest BCUT2D eigenvalue weighted by molar-refractivity contribution is 0.0429. The van der Waals surface area contributed by atoms with Gasteiger partial charge in [0.1, 0.15) is 0 Å². The lowest BCUT2D eigenvalue weighted by Gasteiger charge is -1.97. The maximum atomic E-state index is 11.7. The third-order valence-electron chi connectivity index (χ3n) is 2.51. The second kappa shape index (κ2) is 5.25. The first-order chi connectivity index (χ1) is 9.72. The van der Waals surface area contributed by atoms with Crippen LogP contribution >= 0.6 is 11.3 Å². The molecular formula is C12H10N4O3S. The van der Waals surface area contributed by atoms with Crippen LogP contribution < -0.4 is 0 Å². The molecule has 0 aliphatic rings. The Morgan fingerprint density at radius 1 is 1.55 bits per heavy atom. The van der Waals surface area contributed by atoms with Crippen LogP contribution in [0, 0.1) is 0 Å². The molecule has 0 fully saturated rings. The molecule has 7 nitrogen and oxygen atoms in total. The van der Waals surface area contributed by atoms with Crippen LogP contribution in [-0.2, 0) is 18.4 Å². The van der Waals surface area contributed by atoms with Crippen LogP contribution in [0.25, 0.3) is 11.4 Å². The summed E-state index contributed by atoms with van der Waals surface area (Å²) < 4.78 is 11.6. The number of carbonyl (C=O) groups excluding carboxylic acids is 1. The Hall–Kier alpha value is -2.48. The topological polar surface area (TPSA) is 83.0 Å². The van der Waals surface area contributed by atoms with Gasteiger partial charge in [-0.05, 0) is 11.4 Å². The third kappa shape index (κ3) is 2.59. The van der Waals surface area contributed by atoms with Gasteiger partial charge in [0.2, 0.25) is 5.82 Å². The second-order valence-electron chi connectivity index (χ2n) is 4.00. The van der Waals surface area contributed by atoms with Gasteiger partial charge in [-0.25, -0.2) is 4.79 Å². The minimum atomic E-state index is -0.478. The van der Waals surface area contributed by atoms with Crippen molar-refractivity contribution < 1.29 is 14.1 Å². The van der Waals surface area contributed by atoms with Gasteiger partial charge >= 0.3 is 5.97 Å². The number of rotatable bonds is 4. The number of esters is 1. The number of hydrogen-bond acceptors (Lipinski definition) is 7. The van der Waals surface area contributed by atoms with Crippen LogP contribution in [0.15, 0.2) is 33.7 Å². The zero-order chi connectivity index (χ0) is 13.9. The molecule has 102 valence electrons. The Morgan fingerprint density at radius 3 is 3.15 bits per heavy atom. The van der Waals surface area contributed by atoms with Crippen LogP contribution in [0.1, 0.15) is 16.2 Å². The molecule has 0 atom stereocenters. The molecule has 0 bridgehead atoms. The first-order valence-corrected chi connectivity index (χ1v) is 6.67. The molecule has 0 amide bonds. The van der Waals surface area contributed by atoms with E-state index >= 15 is 0 Å². The van der Waals surface area contributed by atoms with Crippen molar-refractivity contribution in [1.82, 2.24) is 19.9 Å². The molecule has 3 aromatic rings. The van der Waals surface area contributed by atoms with Gasteiger partial charge in [0.25, 0.3) is 5.89 Å². The lowest BCUT2D eigenvalue weighted by atomic mass is 10.3. The number of hydrogen-bond donors (Lipinski definition) is 0. The molecule has 0 radical (unpaired) electrons. The third-order valence-corrected chi connectivity index (χ3v) is 3.20. The minimum Gasteiger partial charge on any atom is -0.452 e. The highest BCUT2D eigenvalue weighted by atomic mass is 32.1. The summed E-state index contributed by atoms with van der Waals surface area (Å²) in [5, 5.41) is 11.6. The van der Waals surface area contributed by atoms with Crippen molar-refractivity contribution in [3.05, 3.63) is 40.7 Å². The fraction of sp³-hybridized carbons (Fsp3) is 0.167. The van der Waals surface area contributed by atoms with E-state index in [2.05, 4.69) is 15.2 Å². The average molecular weight is 290 g/mol. The van der Waals surface area contributed by atoms with Crippen LogP contribution in [-0.4, -0.2) is 25.9 Å². The SMILES string of the molecule is Cn1cc(C(=O)OCc2nc(-c3ccsc3)no2)cn1. The first-order valence-electron chi connectivity index (χ1n) is 5.73. The second-order valence-corrected chi connectivity index (χ2v) is 4.78. The maximum absolute atomic E-state index is 11.7. The summed E-state index contributed by atoms with van der Waals surface area (Å²) in [6.07, 6.45) is 3.01. The standard InChI is InChI=1S/C12H10N4O3S/c1-16-5-9(4-13-16)12(17)18-6-10-14-11(15-19-10)8-2-3-20-7-8/h2-5,7H,6H2,1H3. The van der Waals surface area contributed by atoms with E-state index in [1.54, 1.807) is 24.6 Å². The summed E-state index contributed by atoms with van der Waals surface area (Å²) in [7, 11) is 1.72. The Labute approximate surface area is 117 Å². The Morgan fingerprint density at radius 2 is 2.45 bits per heavy atom. The van der Waals surface area contributed by atoms with Gasteiger partial charge in [0.15, 0.2) is 6.61 Å². The summed E-state index contributed by atoms with van der Waals surface area (Å²) in [5.41, 5.74) is 1.26. The van der Waals surface area contributed by atoms with E-state index in [-0.39, 0.29) is 12.5 Å². The summed E-state index contributed by atoms with van der Waals surface area (Å²) >= 11 is 1.55. The molecular weight excluding hydrogens is 280 g/mol. The highest BCUT2D eigenvalue weighted by Gasteiger charge is 2.13. The van der Waals surface area contributed by atoms with E-state index in [0.717, 1.165) is 5.56 Å². The molecule has 0 saturated heterocycles. The van der Waals surface area contributed by atoms with E-state index < -0.39 is 5.97 Å². The number of aryl methyl sites for hydroxylation is 1. The molecule has 3 heterocycles. The van der Waals surface area contributed by atoms with Gasteiger partial charge in [-0.1, -0.05) is 5.16 Å². The van der Waals surface area contributed by atoms with Crippen molar-refractivity contribution in [1.29, 1.82) is 0 Å². The lowest BCUT2D eigenvalue weighted by Crippen LogP contribution is -2.04. The molecule has 0 aliphatic carbocycles. The quantitative estimate of drug-likeness (QED) is 0.682. The Bertz CT molecular complexity index is 717. The van der Waals surface area contributed by atoms with Crippen molar-refractivity contribution in [3.8, 4) is 11.4 Å². The normalized spacial score (nSPS) is 10.7. The van der Waals surface area contributed by atoms with E-state index in [1.807, 2.05) is 16.8 Å². The van der Waals surface area contributed by atoms with E-state index in [9.17, 15) is 4.79 Å². The van der Waals surface area contributed by atoms with Crippen molar-refractivity contribution in [2.24, 2.45) is 7.05 Å². The van der Waals surface area contributed by atoms with Crippen LogP contribution in [0.4, 0.5) is 0 Å². The van der Waals surface area contributed by atoms with Crippen LogP contribution in [0.3, 0.4) is 0 Å². The predicted octanol–water partition coefficient (Wildman–Crippen LogP) is 1.89. The molecule has 0 unspecified atom stereocenters. The number of nitrogens with zero attached hydrogens (tertiary/aromatic N) is 4. The van der Waals surface area contributed by atoms with Crippen LogP contribution in [0.2, 0.25) is 0 Å². The monoisotopic (exact) mass is 290 g/mol. The Kier molecular flexibility index (Phi) is 3.30. The van der Waals surface area contributed by atoms with Crippen molar-refractivity contribution in [2.75, 3.05) is 0 Å². The highest BCUT2D eigenvalue weighted by Crippen LogP contribution is 2.18. The predicted molar refractivity (Wildman–Crippen MR) is 69.9 cm³/mol. The van der Waals surface area contributed by atoms with Crippen molar-refractivity contribution in [2.45, 2.75) is 6.61 Å². The fourth-order valence-corrected chi connectivity index (χ4v) is 2.19. The molecule has 3 aromatic heterocycles. The van der Waals surface area contributed by atoms with Gasteiger partial charge in [-0.3, -0.25) is 4.68 Å². The summed E-state index contributed by atoms with van der Waals surface area (Å²) in [6.45, 7) is -0.0646. The summed E-state index contributed by atoms with van der Waals surface area (Å²) in [5.74, 6) is 0.260. The molecule has 0 spiro atoms. The number of thiophene rings is 1. The maximum Gasteiger partial charge on any atom is 0.341 e. The molecule has 20 heavy (non-hydrogen) atoms. The minimum absolute atomic E-state index is 0.0646. The molecule has 0 N–H and O–H groups in total. The van der Waals surface area contributed by atoms with Gasteiger partial charge in [-0.2, -0.15) is 21.4 Å². The van der Waals surface area contributed by atoms with Gasteiger partial charge < -0.3 is 9.26 Å². The van der Waals surface area contributed by atoms with E-state index in [1.165, 1.54) is 10.9 Å². The molecule has 0 saturated carbocycles. The molecule has 3 rings (SSSR count). The number of carbonyl (C=O) groups is 1. The fourth-order valence-electron chi connectivity index (χ4n) is 1.56. The zero-order valence-electron chi connectivity index (χ0n) is 10.5. The smallest absolute Gasteiger partial charge is 0.341 e. The largest absolute Gasteiger partial charge is 0.452 e. The van der Waals surface area contributed by atoms with E-state index in [0.29, 0.717) is 11.4 Å². The van der Waals surface area contributed by atoms with Gasteiger partial charge in [0, 0.05) is 24.2 Å². The average Bonchev–Trinajstić information content (AvgIpc) is 3.16. The summed E-state index contributed by atoms with van der Waals surface area (Å²) in [6, 6.07) is 1.89. The molecule has 0 aliphatic heterocycles.